The molecule has 0 N–H and O–H groups in total. The molecular weight excluding hydrogens is 326 g/mol. The van der Waals surface area contributed by atoms with Gasteiger partial charge in [0.1, 0.15) is 11.9 Å². The van der Waals surface area contributed by atoms with Crippen LogP contribution in [0.4, 0.5) is 0 Å². The van der Waals surface area contributed by atoms with Crippen molar-refractivity contribution in [3.63, 3.8) is 0 Å². The van der Waals surface area contributed by atoms with E-state index in [9.17, 15) is 4.79 Å². The maximum absolute atomic E-state index is 11.7. The van der Waals surface area contributed by atoms with Crippen LogP contribution in [0.2, 0.25) is 0 Å². The van der Waals surface area contributed by atoms with E-state index in [-0.39, 0.29) is 12.1 Å². The van der Waals surface area contributed by atoms with Gasteiger partial charge in [-0.25, -0.2) is 0 Å². The lowest BCUT2D eigenvalue weighted by Crippen LogP contribution is -2.09. The van der Waals surface area contributed by atoms with Crippen molar-refractivity contribution in [1.82, 2.24) is 4.98 Å². The zero-order chi connectivity index (χ0) is 18.8. The first-order chi connectivity index (χ1) is 12.6. The van der Waals surface area contributed by atoms with Gasteiger partial charge in [-0.3, -0.25) is 9.78 Å². The number of hydrogen-bond donors (Lipinski definition) is 0. The topological polar surface area (TPSA) is 48.4 Å². The second-order valence-corrected chi connectivity index (χ2v) is 6.41. The summed E-state index contributed by atoms with van der Waals surface area (Å²) in [5.74, 6) is 0.734. The van der Waals surface area contributed by atoms with Crippen molar-refractivity contribution in [3.8, 4) is 5.75 Å². The minimum Gasteiger partial charge on any atom is -0.493 e. The van der Waals surface area contributed by atoms with Gasteiger partial charge in [0.2, 0.25) is 0 Å². The zero-order valence-corrected chi connectivity index (χ0v) is 16.0. The van der Waals surface area contributed by atoms with Crippen LogP contribution in [0.15, 0.2) is 42.6 Å². The number of pyridine rings is 1. The van der Waals surface area contributed by atoms with Gasteiger partial charge in [-0.15, -0.1) is 0 Å². The highest BCUT2D eigenvalue weighted by molar-refractivity contribution is 5.69. The van der Waals surface area contributed by atoms with Crippen molar-refractivity contribution in [2.75, 3.05) is 6.61 Å². The van der Waals surface area contributed by atoms with Gasteiger partial charge in [0, 0.05) is 30.3 Å². The number of aryl methyl sites for hydroxylation is 1. The number of rotatable bonds is 10. The molecule has 0 aliphatic carbocycles. The standard InChI is InChI=1S/C22H29NO3/c1-4-6-7-22(24)26-17(3)19-10-11-20(23-16-19)14-15-25-21-12-8-18(5-2)9-13-21/h8-13,16-17H,4-7,14-15H2,1-3H3. The number of nitrogens with zero attached hydrogens (tertiary/aromatic N) is 1. The summed E-state index contributed by atoms with van der Waals surface area (Å²) >= 11 is 0. The van der Waals surface area contributed by atoms with Gasteiger partial charge in [-0.2, -0.15) is 0 Å². The quantitative estimate of drug-likeness (QED) is 0.559. The van der Waals surface area contributed by atoms with Gasteiger partial charge in [0.15, 0.2) is 0 Å². The van der Waals surface area contributed by atoms with Crippen LogP contribution in [0.3, 0.4) is 0 Å². The molecule has 1 unspecified atom stereocenters. The summed E-state index contributed by atoms with van der Waals surface area (Å²) in [5.41, 5.74) is 3.18. The molecule has 1 heterocycles. The fraction of sp³-hybridized carbons (Fsp3) is 0.455. The van der Waals surface area contributed by atoms with Gasteiger partial charge in [0.05, 0.1) is 6.61 Å². The lowest BCUT2D eigenvalue weighted by molar-refractivity contribution is -0.148. The minimum atomic E-state index is -0.269. The Bertz CT molecular complexity index is 665. The maximum atomic E-state index is 11.7. The van der Waals surface area contributed by atoms with Crippen molar-refractivity contribution in [2.24, 2.45) is 0 Å². The summed E-state index contributed by atoms with van der Waals surface area (Å²) in [7, 11) is 0. The van der Waals surface area contributed by atoms with E-state index < -0.39 is 0 Å². The number of hydrogen-bond acceptors (Lipinski definition) is 4. The molecule has 0 spiro atoms. The third kappa shape index (κ3) is 6.51. The molecule has 0 fully saturated rings. The van der Waals surface area contributed by atoms with Crippen molar-refractivity contribution in [3.05, 3.63) is 59.4 Å². The molecule has 0 aliphatic heterocycles. The highest BCUT2D eigenvalue weighted by atomic mass is 16.5. The summed E-state index contributed by atoms with van der Waals surface area (Å²) in [5, 5.41) is 0. The largest absolute Gasteiger partial charge is 0.493 e. The number of ether oxygens (including phenoxy) is 2. The SMILES string of the molecule is CCCCC(=O)OC(C)c1ccc(CCOc2ccc(CC)cc2)nc1. The summed E-state index contributed by atoms with van der Waals surface area (Å²) in [4.78, 5) is 16.2. The molecule has 0 saturated carbocycles. The molecule has 26 heavy (non-hydrogen) atoms. The van der Waals surface area contributed by atoms with Crippen LogP contribution < -0.4 is 4.74 Å². The summed E-state index contributed by atoms with van der Waals surface area (Å²) in [6.07, 6.45) is 5.61. The third-order valence-corrected chi connectivity index (χ3v) is 4.32. The number of carbonyl (C=O) groups excluding carboxylic acids is 1. The van der Waals surface area contributed by atoms with Crippen LogP contribution in [-0.4, -0.2) is 17.6 Å². The van der Waals surface area contributed by atoms with Gasteiger partial charge < -0.3 is 9.47 Å². The van der Waals surface area contributed by atoms with Gasteiger partial charge in [-0.05, 0) is 43.5 Å². The molecule has 0 radical (unpaired) electrons. The van der Waals surface area contributed by atoms with E-state index in [2.05, 4.69) is 31.0 Å². The predicted molar refractivity (Wildman–Crippen MR) is 103 cm³/mol. The predicted octanol–water partition coefficient (Wildman–Crippen LogP) is 5.06. The molecule has 4 heteroatoms. The van der Waals surface area contributed by atoms with Gasteiger partial charge in [-0.1, -0.05) is 38.5 Å². The van der Waals surface area contributed by atoms with E-state index in [1.807, 2.05) is 31.2 Å². The second-order valence-electron chi connectivity index (χ2n) is 6.41. The highest BCUT2D eigenvalue weighted by Crippen LogP contribution is 2.18. The average Bonchev–Trinajstić information content (AvgIpc) is 2.67. The van der Waals surface area contributed by atoms with Crippen LogP contribution in [0, 0.1) is 0 Å². The maximum Gasteiger partial charge on any atom is 0.306 e. The Balaban J connectivity index is 1.78. The third-order valence-electron chi connectivity index (χ3n) is 4.32. The molecule has 2 rings (SSSR count). The molecule has 0 amide bonds. The molecule has 0 aliphatic rings. The fourth-order valence-corrected chi connectivity index (χ4v) is 2.56. The number of aromatic nitrogens is 1. The van der Waals surface area contributed by atoms with E-state index in [1.54, 1.807) is 6.20 Å². The Morgan fingerprint density at radius 1 is 1.12 bits per heavy atom. The normalized spacial score (nSPS) is 11.8. The molecule has 140 valence electrons. The first-order valence-electron chi connectivity index (χ1n) is 9.48. The summed E-state index contributed by atoms with van der Waals surface area (Å²) in [6.45, 7) is 6.66. The monoisotopic (exact) mass is 355 g/mol. The van der Waals surface area contributed by atoms with E-state index >= 15 is 0 Å². The molecule has 4 nitrogen and oxygen atoms in total. The van der Waals surface area contributed by atoms with Crippen LogP contribution in [0.5, 0.6) is 5.75 Å². The molecule has 1 aromatic heterocycles. The molecule has 2 aromatic rings. The smallest absolute Gasteiger partial charge is 0.306 e. The van der Waals surface area contributed by atoms with Crippen LogP contribution in [0.25, 0.3) is 0 Å². The molecule has 0 saturated heterocycles. The lowest BCUT2D eigenvalue weighted by Gasteiger charge is -2.13. The Morgan fingerprint density at radius 2 is 1.88 bits per heavy atom. The van der Waals surface area contributed by atoms with E-state index in [0.717, 1.165) is 42.7 Å². The molecule has 0 bridgehead atoms. The second kappa shape index (κ2) is 10.6. The minimum absolute atomic E-state index is 0.147. The number of benzene rings is 1. The fourth-order valence-electron chi connectivity index (χ4n) is 2.56. The number of carbonyl (C=O) groups is 1. The first-order valence-corrected chi connectivity index (χ1v) is 9.48. The van der Waals surface area contributed by atoms with Crippen LogP contribution in [-0.2, 0) is 22.4 Å². The van der Waals surface area contributed by atoms with Crippen LogP contribution in [0.1, 0.15) is 63.0 Å². The summed E-state index contributed by atoms with van der Waals surface area (Å²) in [6, 6.07) is 12.1. The van der Waals surface area contributed by atoms with Crippen molar-refractivity contribution < 1.29 is 14.3 Å². The van der Waals surface area contributed by atoms with Gasteiger partial charge >= 0.3 is 5.97 Å². The van der Waals surface area contributed by atoms with Gasteiger partial charge in [0.25, 0.3) is 0 Å². The number of unbranched alkanes of at least 4 members (excludes halogenated alkanes) is 1. The van der Waals surface area contributed by atoms with E-state index in [0.29, 0.717) is 13.0 Å². The highest BCUT2D eigenvalue weighted by Gasteiger charge is 2.11. The average molecular weight is 355 g/mol. The Hall–Kier alpha value is -2.36. The summed E-state index contributed by atoms with van der Waals surface area (Å²) < 4.78 is 11.2. The van der Waals surface area contributed by atoms with Crippen molar-refractivity contribution in [1.29, 1.82) is 0 Å². The lowest BCUT2D eigenvalue weighted by atomic mass is 10.1. The molecule has 1 atom stereocenters. The Labute approximate surface area is 156 Å². The van der Waals surface area contributed by atoms with Crippen molar-refractivity contribution in [2.45, 2.75) is 59.0 Å². The first kappa shape index (κ1) is 20.0. The van der Waals surface area contributed by atoms with E-state index in [1.165, 1.54) is 5.56 Å². The number of esters is 1. The zero-order valence-electron chi connectivity index (χ0n) is 16.0. The van der Waals surface area contributed by atoms with Crippen LogP contribution >= 0.6 is 0 Å². The molecule has 1 aromatic carbocycles. The molecular formula is C22H29NO3. The Morgan fingerprint density at radius 3 is 2.50 bits per heavy atom. The van der Waals surface area contributed by atoms with Crippen molar-refractivity contribution >= 4 is 5.97 Å². The Kier molecular flexibility index (Phi) is 8.13. The van der Waals surface area contributed by atoms with E-state index in [4.69, 9.17) is 9.47 Å².